The summed E-state index contributed by atoms with van der Waals surface area (Å²) in [6.45, 7) is 4.19. The lowest BCUT2D eigenvalue weighted by Crippen LogP contribution is -2.23. The summed E-state index contributed by atoms with van der Waals surface area (Å²) in [6, 6.07) is 0. The third-order valence-electron chi connectivity index (χ3n) is 2.14. The van der Waals surface area contributed by atoms with Crippen molar-refractivity contribution in [2.45, 2.75) is 25.9 Å². The maximum absolute atomic E-state index is 10.9. The lowest BCUT2D eigenvalue weighted by atomic mass is 10.2. The molecule has 86 valence electrons. The van der Waals surface area contributed by atoms with Crippen LogP contribution >= 0.6 is 0 Å². The summed E-state index contributed by atoms with van der Waals surface area (Å²) in [7, 11) is 0. The van der Waals surface area contributed by atoms with Crippen LogP contribution in [-0.4, -0.2) is 38.5 Å². The molecule has 0 unspecified atom stereocenters. The molecule has 0 N–H and O–H groups in total. The van der Waals surface area contributed by atoms with Gasteiger partial charge < -0.3 is 14.2 Å². The van der Waals surface area contributed by atoms with E-state index in [0.29, 0.717) is 13.2 Å². The molecule has 1 rings (SSSR count). The second-order valence-electron chi connectivity index (χ2n) is 3.30. The van der Waals surface area contributed by atoms with Crippen molar-refractivity contribution in [2.24, 2.45) is 0 Å². The van der Waals surface area contributed by atoms with Crippen molar-refractivity contribution in [3.8, 4) is 0 Å². The third kappa shape index (κ3) is 5.54. The Balaban J connectivity index is 2.06. The quantitative estimate of drug-likeness (QED) is 0.511. The molecule has 0 atom stereocenters. The molecule has 4 heteroatoms. The Morgan fingerprint density at radius 2 is 2.20 bits per heavy atom. The zero-order valence-electron chi connectivity index (χ0n) is 9.11. The average molecular weight is 214 g/mol. The molecule has 1 aliphatic heterocycles. The van der Waals surface area contributed by atoms with Crippen LogP contribution in [0.5, 0.6) is 0 Å². The van der Waals surface area contributed by atoms with Gasteiger partial charge in [0.2, 0.25) is 0 Å². The molecule has 0 aromatic heterocycles. The van der Waals surface area contributed by atoms with Crippen LogP contribution in [-0.2, 0) is 19.0 Å². The van der Waals surface area contributed by atoms with Gasteiger partial charge in [0, 0.05) is 19.3 Å². The smallest absolute Gasteiger partial charge is 0.330 e. The van der Waals surface area contributed by atoms with Crippen molar-refractivity contribution in [2.75, 3.05) is 26.4 Å². The first-order valence-electron chi connectivity index (χ1n) is 5.35. The molecular formula is C11H18O4. The van der Waals surface area contributed by atoms with E-state index in [1.165, 1.54) is 6.08 Å². The Bertz CT molecular complexity index is 207. The van der Waals surface area contributed by atoms with Gasteiger partial charge >= 0.3 is 5.97 Å². The first kappa shape index (κ1) is 12.2. The number of carbonyl (C=O) groups excluding carboxylic acids is 1. The molecule has 0 radical (unpaired) electrons. The Kier molecular flexibility index (Phi) is 6.04. The molecule has 0 aromatic rings. The Labute approximate surface area is 90.2 Å². The minimum atomic E-state index is -0.312. The molecular weight excluding hydrogens is 196 g/mol. The minimum Gasteiger partial charge on any atom is -0.463 e. The highest BCUT2D eigenvalue weighted by atomic mass is 16.5. The van der Waals surface area contributed by atoms with E-state index in [0.717, 1.165) is 26.1 Å². The Hall–Kier alpha value is -0.870. The topological polar surface area (TPSA) is 44.8 Å². The van der Waals surface area contributed by atoms with Gasteiger partial charge in [-0.25, -0.2) is 4.79 Å². The predicted molar refractivity (Wildman–Crippen MR) is 55.6 cm³/mol. The van der Waals surface area contributed by atoms with E-state index in [-0.39, 0.29) is 12.1 Å². The van der Waals surface area contributed by atoms with Gasteiger partial charge in [-0.15, -0.1) is 0 Å². The van der Waals surface area contributed by atoms with Crippen molar-refractivity contribution in [1.29, 1.82) is 0 Å². The zero-order chi connectivity index (χ0) is 10.9. The van der Waals surface area contributed by atoms with E-state index in [1.807, 2.05) is 0 Å². The van der Waals surface area contributed by atoms with Gasteiger partial charge in [-0.3, -0.25) is 0 Å². The van der Waals surface area contributed by atoms with Crippen LogP contribution in [0.15, 0.2) is 12.2 Å². The third-order valence-corrected chi connectivity index (χ3v) is 2.14. The first-order valence-corrected chi connectivity index (χ1v) is 5.35. The number of rotatable bonds is 5. The zero-order valence-corrected chi connectivity index (χ0v) is 9.11. The maximum atomic E-state index is 10.9. The number of carbonyl (C=O) groups is 1. The number of esters is 1. The molecule has 1 fully saturated rings. The molecule has 0 bridgehead atoms. The van der Waals surface area contributed by atoms with E-state index in [2.05, 4.69) is 0 Å². The SMILES string of the molecule is CCOC(=O)/C=C/COC1CCOCC1. The molecule has 1 heterocycles. The van der Waals surface area contributed by atoms with E-state index in [9.17, 15) is 4.79 Å². The lowest BCUT2D eigenvalue weighted by Gasteiger charge is -2.21. The van der Waals surface area contributed by atoms with Crippen molar-refractivity contribution < 1.29 is 19.0 Å². The second kappa shape index (κ2) is 7.43. The lowest BCUT2D eigenvalue weighted by molar-refractivity contribution is -0.137. The first-order chi connectivity index (χ1) is 7.33. The highest BCUT2D eigenvalue weighted by molar-refractivity contribution is 5.81. The second-order valence-corrected chi connectivity index (χ2v) is 3.30. The average Bonchev–Trinajstić information content (AvgIpc) is 2.26. The van der Waals surface area contributed by atoms with Crippen LogP contribution in [0, 0.1) is 0 Å². The summed E-state index contributed by atoms with van der Waals surface area (Å²) in [4.78, 5) is 10.9. The van der Waals surface area contributed by atoms with Crippen molar-refractivity contribution in [1.82, 2.24) is 0 Å². The highest BCUT2D eigenvalue weighted by Crippen LogP contribution is 2.10. The van der Waals surface area contributed by atoms with E-state index in [4.69, 9.17) is 14.2 Å². The maximum Gasteiger partial charge on any atom is 0.330 e. The molecule has 4 nitrogen and oxygen atoms in total. The van der Waals surface area contributed by atoms with E-state index in [1.54, 1.807) is 13.0 Å². The van der Waals surface area contributed by atoms with E-state index < -0.39 is 0 Å². The van der Waals surface area contributed by atoms with E-state index >= 15 is 0 Å². The summed E-state index contributed by atoms with van der Waals surface area (Å²) in [5.41, 5.74) is 0. The number of ether oxygens (including phenoxy) is 3. The van der Waals surface area contributed by atoms with Gasteiger partial charge in [-0.05, 0) is 19.8 Å². The fraction of sp³-hybridized carbons (Fsp3) is 0.727. The van der Waals surface area contributed by atoms with Gasteiger partial charge in [0.1, 0.15) is 0 Å². The summed E-state index contributed by atoms with van der Waals surface area (Å²) < 4.78 is 15.5. The van der Waals surface area contributed by atoms with Gasteiger partial charge in [0.25, 0.3) is 0 Å². The fourth-order valence-corrected chi connectivity index (χ4v) is 1.37. The summed E-state index contributed by atoms with van der Waals surface area (Å²) in [5.74, 6) is -0.312. The molecule has 1 aliphatic rings. The number of hydrogen-bond acceptors (Lipinski definition) is 4. The largest absolute Gasteiger partial charge is 0.463 e. The Morgan fingerprint density at radius 3 is 2.87 bits per heavy atom. The molecule has 0 amide bonds. The summed E-state index contributed by atoms with van der Waals surface area (Å²) in [5, 5.41) is 0. The van der Waals surface area contributed by atoms with Gasteiger partial charge in [-0.1, -0.05) is 6.08 Å². The van der Waals surface area contributed by atoms with Crippen molar-refractivity contribution >= 4 is 5.97 Å². The van der Waals surface area contributed by atoms with Gasteiger partial charge in [-0.2, -0.15) is 0 Å². The van der Waals surface area contributed by atoms with Crippen molar-refractivity contribution in [3.05, 3.63) is 12.2 Å². The van der Waals surface area contributed by atoms with Crippen LogP contribution in [0.1, 0.15) is 19.8 Å². The van der Waals surface area contributed by atoms with Gasteiger partial charge in [0.15, 0.2) is 0 Å². The minimum absolute atomic E-state index is 0.269. The van der Waals surface area contributed by atoms with Crippen LogP contribution in [0.2, 0.25) is 0 Å². The van der Waals surface area contributed by atoms with Crippen molar-refractivity contribution in [3.63, 3.8) is 0 Å². The van der Waals surface area contributed by atoms with Crippen LogP contribution in [0.3, 0.4) is 0 Å². The monoisotopic (exact) mass is 214 g/mol. The highest BCUT2D eigenvalue weighted by Gasteiger charge is 2.12. The molecule has 15 heavy (non-hydrogen) atoms. The van der Waals surface area contributed by atoms with Crippen LogP contribution < -0.4 is 0 Å². The summed E-state index contributed by atoms with van der Waals surface area (Å²) >= 11 is 0. The van der Waals surface area contributed by atoms with Crippen LogP contribution in [0.4, 0.5) is 0 Å². The molecule has 1 saturated heterocycles. The standard InChI is InChI=1S/C11H18O4/c1-2-14-11(12)4-3-7-15-10-5-8-13-9-6-10/h3-4,10H,2,5-9H2,1H3/b4-3+. The van der Waals surface area contributed by atoms with Gasteiger partial charge in [0.05, 0.1) is 19.3 Å². The normalized spacial score (nSPS) is 18.2. The fourth-order valence-electron chi connectivity index (χ4n) is 1.37. The number of hydrogen-bond donors (Lipinski definition) is 0. The molecule has 0 aliphatic carbocycles. The predicted octanol–water partition coefficient (Wildman–Crippen LogP) is 1.30. The van der Waals surface area contributed by atoms with Crippen LogP contribution in [0.25, 0.3) is 0 Å². The summed E-state index contributed by atoms with van der Waals surface area (Å²) in [6.07, 6.45) is 5.24. The molecule has 0 aromatic carbocycles. The Morgan fingerprint density at radius 1 is 1.47 bits per heavy atom. The molecule has 0 saturated carbocycles. The molecule has 0 spiro atoms.